The number of likely N-dealkylation sites (tertiary alicyclic amines) is 1. The van der Waals surface area contributed by atoms with Gasteiger partial charge in [0.25, 0.3) is 5.91 Å². The zero-order valence-electron chi connectivity index (χ0n) is 9.61. The SMILES string of the molecule is Cc1nn(C)cc1C(=O)N1CCC(CBr)C1. The predicted octanol–water partition coefficient (Wildman–Crippen LogP) is 1.59. The van der Waals surface area contributed by atoms with E-state index in [1.165, 1.54) is 0 Å². The van der Waals surface area contributed by atoms with Crippen LogP contribution in [0.4, 0.5) is 0 Å². The van der Waals surface area contributed by atoms with Crippen molar-refractivity contribution in [1.82, 2.24) is 14.7 Å². The van der Waals surface area contributed by atoms with Crippen LogP contribution in [0.25, 0.3) is 0 Å². The molecule has 16 heavy (non-hydrogen) atoms. The van der Waals surface area contributed by atoms with E-state index in [1.54, 1.807) is 10.9 Å². The first-order valence-corrected chi connectivity index (χ1v) is 6.59. The van der Waals surface area contributed by atoms with Crippen molar-refractivity contribution in [2.45, 2.75) is 13.3 Å². The molecule has 88 valence electrons. The van der Waals surface area contributed by atoms with E-state index in [9.17, 15) is 4.79 Å². The van der Waals surface area contributed by atoms with Crippen LogP contribution in [0.1, 0.15) is 22.5 Å². The summed E-state index contributed by atoms with van der Waals surface area (Å²) in [6.45, 7) is 3.60. The lowest BCUT2D eigenvalue weighted by atomic mass is 10.2. The van der Waals surface area contributed by atoms with Crippen molar-refractivity contribution in [2.75, 3.05) is 18.4 Å². The molecule has 4 nitrogen and oxygen atoms in total. The van der Waals surface area contributed by atoms with E-state index >= 15 is 0 Å². The maximum Gasteiger partial charge on any atom is 0.257 e. The fraction of sp³-hybridized carbons (Fsp3) is 0.636. The number of aryl methyl sites for hydroxylation is 2. The van der Waals surface area contributed by atoms with Gasteiger partial charge in [-0.25, -0.2) is 0 Å². The Balaban J connectivity index is 2.11. The number of hydrogen-bond acceptors (Lipinski definition) is 2. The minimum absolute atomic E-state index is 0.119. The van der Waals surface area contributed by atoms with E-state index in [-0.39, 0.29) is 5.91 Å². The summed E-state index contributed by atoms with van der Waals surface area (Å²) < 4.78 is 1.70. The Morgan fingerprint density at radius 1 is 1.69 bits per heavy atom. The second-order valence-corrected chi connectivity index (χ2v) is 5.01. The molecule has 0 aliphatic carbocycles. The summed E-state index contributed by atoms with van der Waals surface area (Å²) in [6.07, 6.45) is 2.90. The van der Waals surface area contributed by atoms with E-state index < -0.39 is 0 Å². The van der Waals surface area contributed by atoms with Crippen LogP contribution >= 0.6 is 15.9 Å². The topological polar surface area (TPSA) is 38.1 Å². The van der Waals surface area contributed by atoms with Crippen LogP contribution < -0.4 is 0 Å². The van der Waals surface area contributed by atoms with Crippen molar-refractivity contribution in [1.29, 1.82) is 0 Å². The number of alkyl halides is 1. The molecule has 2 heterocycles. The first-order chi connectivity index (χ1) is 7.61. The molecule has 1 fully saturated rings. The first-order valence-electron chi connectivity index (χ1n) is 5.47. The zero-order valence-corrected chi connectivity index (χ0v) is 11.2. The Morgan fingerprint density at radius 2 is 2.44 bits per heavy atom. The van der Waals surface area contributed by atoms with Gasteiger partial charge in [-0.1, -0.05) is 15.9 Å². The molecule has 0 spiro atoms. The summed E-state index contributed by atoms with van der Waals surface area (Å²) in [5, 5.41) is 5.18. The van der Waals surface area contributed by atoms with Crippen LogP contribution in [0.5, 0.6) is 0 Å². The summed E-state index contributed by atoms with van der Waals surface area (Å²) in [5.74, 6) is 0.718. The zero-order chi connectivity index (χ0) is 11.7. The van der Waals surface area contributed by atoms with Gasteiger partial charge in [-0.3, -0.25) is 9.48 Å². The average Bonchev–Trinajstić information content (AvgIpc) is 2.84. The third kappa shape index (κ3) is 2.14. The maximum atomic E-state index is 12.2. The lowest BCUT2D eigenvalue weighted by Gasteiger charge is -2.15. The average molecular weight is 286 g/mol. The van der Waals surface area contributed by atoms with Gasteiger partial charge in [0.2, 0.25) is 0 Å². The van der Waals surface area contributed by atoms with Crippen molar-refractivity contribution in [3.63, 3.8) is 0 Å². The summed E-state index contributed by atoms with van der Waals surface area (Å²) in [6, 6.07) is 0. The first kappa shape index (κ1) is 11.6. The van der Waals surface area contributed by atoms with Crippen molar-refractivity contribution in [3.05, 3.63) is 17.5 Å². The molecule has 5 heteroatoms. The highest BCUT2D eigenvalue weighted by molar-refractivity contribution is 9.09. The quantitative estimate of drug-likeness (QED) is 0.774. The largest absolute Gasteiger partial charge is 0.338 e. The van der Waals surface area contributed by atoms with E-state index in [4.69, 9.17) is 0 Å². The highest BCUT2D eigenvalue weighted by Crippen LogP contribution is 2.20. The molecule has 1 aliphatic heterocycles. The minimum atomic E-state index is 0.119. The van der Waals surface area contributed by atoms with Gasteiger partial charge in [0.15, 0.2) is 0 Å². The molecular weight excluding hydrogens is 270 g/mol. The number of hydrogen-bond donors (Lipinski definition) is 0. The van der Waals surface area contributed by atoms with Crippen molar-refractivity contribution in [3.8, 4) is 0 Å². The third-order valence-electron chi connectivity index (χ3n) is 3.04. The number of carbonyl (C=O) groups excluding carboxylic acids is 1. The molecule has 0 saturated carbocycles. The lowest BCUT2D eigenvalue weighted by molar-refractivity contribution is 0.0787. The molecule has 1 amide bonds. The highest BCUT2D eigenvalue weighted by Gasteiger charge is 2.27. The van der Waals surface area contributed by atoms with Crippen molar-refractivity contribution >= 4 is 21.8 Å². The molecule has 1 aromatic rings. The summed E-state index contributed by atoms with van der Waals surface area (Å²) in [4.78, 5) is 14.1. The van der Waals surface area contributed by atoms with Gasteiger partial charge >= 0.3 is 0 Å². The molecule has 1 unspecified atom stereocenters. The second-order valence-electron chi connectivity index (χ2n) is 4.36. The van der Waals surface area contributed by atoms with Crippen LogP contribution in [-0.2, 0) is 7.05 Å². The Morgan fingerprint density at radius 3 is 2.94 bits per heavy atom. The van der Waals surface area contributed by atoms with Gasteiger partial charge in [0, 0.05) is 31.7 Å². The number of aromatic nitrogens is 2. The molecule has 0 radical (unpaired) electrons. The Bertz CT molecular complexity index is 402. The Hall–Kier alpha value is -0.840. The van der Waals surface area contributed by atoms with E-state index in [1.807, 2.05) is 18.9 Å². The smallest absolute Gasteiger partial charge is 0.257 e. The molecule has 1 atom stereocenters. The lowest BCUT2D eigenvalue weighted by Crippen LogP contribution is -2.29. The van der Waals surface area contributed by atoms with Crippen LogP contribution in [-0.4, -0.2) is 39.0 Å². The number of nitrogens with zero attached hydrogens (tertiary/aromatic N) is 3. The number of amides is 1. The van der Waals surface area contributed by atoms with Crippen molar-refractivity contribution < 1.29 is 4.79 Å². The van der Waals surface area contributed by atoms with Gasteiger partial charge in [-0.2, -0.15) is 5.10 Å². The molecule has 0 aromatic carbocycles. The predicted molar refractivity (Wildman–Crippen MR) is 65.7 cm³/mol. The maximum absolute atomic E-state index is 12.2. The van der Waals surface area contributed by atoms with E-state index in [0.717, 1.165) is 36.1 Å². The molecule has 1 aromatic heterocycles. The molecule has 1 saturated heterocycles. The number of carbonyl (C=O) groups is 1. The molecule has 0 N–H and O–H groups in total. The number of rotatable bonds is 2. The van der Waals surface area contributed by atoms with Gasteiger partial charge in [0.05, 0.1) is 11.3 Å². The van der Waals surface area contributed by atoms with E-state index in [2.05, 4.69) is 21.0 Å². The van der Waals surface area contributed by atoms with Gasteiger partial charge in [-0.15, -0.1) is 0 Å². The van der Waals surface area contributed by atoms with E-state index in [0.29, 0.717) is 5.92 Å². The molecule has 0 bridgehead atoms. The fourth-order valence-electron chi connectivity index (χ4n) is 2.12. The van der Waals surface area contributed by atoms with Gasteiger partial charge < -0.3 is 4.90 Å². The number of halogens is 1. The molecular formula is C11H16BrN3O. The third-order valence-corrected chi connectivity index (χ3v) is 3.95. The van der Waals surface area contributed by atoms with Crippen LogP contribution in [0, 0.1) is 12.8 Å². The summed E-state index contributed by atoms with van der Waals surface area (Å²) in [7, 11) is 1.84. The fourth-order valence-corrected chi connectivity index (χ4v) is 2.65. The van der Waals surface area contributed by atoms with Crippen LogP contribution in [0.15, 0.2) is 6.20 Å². The highest BCUT2D eigenvalue weighted by atomic mass is 79.9. The second kappa shape index (κ2) is 4.57. The summed E-state index contributed by atoms with van der Waals surface area (Å²) >= 11 is 3.47. The van der Waals surface area contributed by atoms with Gasteiger partial charge in [-0.05, 0) is 19.3 Å². The standard InChI is InChI=1S/C11H16BrN3O/c1-8-10(7-14(2)13-8)11(16)15-4-3-9(5-12)6-15/h7,9H,3-6H2,1-2H3. The Labute approximate surface area is 104 Å². The normalized spacial score (nSPS) is 20.4. The van der Waals surface area contributed by atoms with Crippen LogP contribution in [0.3, 0.4) is 0 Å². The monoisotopic (exact) mass is 285 g/mol. The van der Waals surface area contributed by atoms with Crippen molar-refractivity contribution in [2.24, 2.45) is 13.0 Å². The molecule has 1 aliphatic rings. The Kier molecular flexibility index (Phi) is 3.33. The minimum Gasteiger partial charge on any atom is -0.338 e. The summed E-state index contributed by atoms with van der Waals surface area (Å²) in [5.41, 5.74) is 1.55. The van der Waals surface area contributed by atoms with Crippen LogP contribution in [0.2, 0.25) is 0 Å². The molecule has 2 rings (SSSR count). The van der Waals surface area contributed by atoms with Gasteiger partial charge in [0.1, 0.15) is 0 Å².